The van der Waals surface area contributed by atoms with Crippen molar-refractivity contribution in [3.05, 3.63) is 0 Å². The molecule has 0 aromatic heterocycles. The van der Waals surface area contributed by atoms with Gasteiger partial charge >= 0.3 is 5.97 Å². The lowest BCUT2D eigenvalue weighted by atomic mass is 9.99. The second-order valence-corrected chi connectivity index (χ2v) is 3.30. The van der Waals surface area contributed by atoms with Gasteiger partial charge in [0.2, 0.25) is 0 Å². The van der Waals surface area contributed by atoms with Gasteiger partial charge in [-0.25, -0.2) is 0 Å². The molecule has 4 N–H and O–H groups in total. The smallest absolute Gasteiger partial charge is 0.303 e. The van der Waals surface area contributed by atoms with Gasteiger partial charge in [0.1, 0.15) is 18.3 Å². The van der Waals surface area contributed by atoms with E-state index in [0.29, 0.717) is 0 Å². The third-order valence-corrected chi connectivity index (χ3v) is 2.14. The lowest BCUT2D eigenvalue weighted by molar-refractivity contribution is -0.289. The minimum absolute atomic E-state index is 0.543. The number of esters is 1. The molecule has 1 saturated heterocycles. The first kappa shape index (κ1) is 12.3. The van der Waals surface area contributed by atoms with Crippen LogP contribution in [0.2, 0.25) is 0 Å². The van der Waals surface area contributed by atoms with Crippen molar-refractivity contribution in [1.29, 1.82) is 0 Å². The van der Waals surface area contributed by atoms with E-state index in [9.17, 15) is 15.0 Å². The zero-order chi connectivity index (χ0) is 11.6. The van der Waals surface area contributed by atoms with Crippen molar-refractivity contribution in [1.82, 2.24) is 0 Å². The maximum absolute atomic E-state index is 10.7. The summed E-state index contributed by atoms with van der Waals surface area (Å²) in [6.07, 6.45) is -6.91. The molecule has 0 unspecified atom stereocenters. The Morgan fingerprint density at radius 3 is 2.40 bits per heavy atom. The fourth-order valence-corrected chi connectivity index (χ4v) is 1.40. The van der Waals surface area contributed by atoms with Gasteiger partial charge in [-0.2, -0.15) is 0 Å². The van der Waals surface area contributed by atoms with Crippen molar-refractivity contribution in [2.75, 3.05) is 6.61 Å². The highest BCUT2D eigenvalue weighted by Crippen LogP contribution is 2.22. The van der Waals surface area contributed by atoms with Gasteiger partial charge in [0.25, 0.3) is 0 Å². The molecule has 1 aliphatic rings. The first-order valence-electron chi connectivity index (χ1n) is 4.45. The first-order valence-corrected chi connectivity index (χ1v) is 4.45. The van der Waals surface area contributed by atoms with Crippen LogP contribution in [0, 0.1) is 0 Å². The molecule has 0 bridgehead atoms. The van der Waals surface area contributed by atoms with Crippen molar-refractivity contribution in [3.63, 3.8) is 0 Å². The normalized spacial score (nSPS) is 41.3. The highest BCUT2D eigenvalue weighted by molar-refractivity contribution is 5.66. The van der Waals surface area contributed by atoms with Gasteiger partial charge in [-0.15, -0.1) is 0 Å². The summed E-state index contributed by atoms with van der Waals surface area (Å²) in [6.45, 7) is 0.581. The van der Waals surface area contributed by atoms with E-state index in [0.717, 1.165) is 6.92 Å². The zero-order valence-corrected chi connectivity index (χ0v) is 8.11. The third-order valence-electron chi connectivity index (χ3n) is 2.14. The van der Waals surface area contributed by atoms with E-state index in [2.05, 4.69) is 4.74 Å². The molecule has 0 aromatic carbocycles. The Hall–Kier alpha value is -0.730. The van der Waals surface area contributed by atoms with Crippen LogP contribution in [0.15, 0.2) is 0 Å². The fraction of sp³-hybridized carbons (Fsp3) is 0.875. The molecular weight excluding hydrogens is 208 g/mol. The van der Waals surface area contributed by atoms with Gasteiger partial charge in [-0.05, 0) is 0 Å². The monoisotopic (exact) mass is 222 g/mol. The van der Waals surface area contributed by atoms with Crippen LogP contribution in [0.25, 0.3) is 0 Å². The van der Waals surface area contributed by atoms with Crippen molar-refractivity contribution >= 4 is 5.97 Å². The lowest BCUT2D eigenvalue weighted by Gasteiger charge is -2.39. The number of ether oxygens (including phenoxy) is 2. The Labute approximate surface area is 85.9 Å². The second kappa shape index (κ2) is 4.86. The molecule has 0 saturated carbocycles. The third kappa shape index (κ3) is 2.64. The summed E-state index contributed by atoms with van der Waals surface area (Å²) < 4.78 is 9.43. The maximum atomic E-state index is 10.7. The number of rotatable bonds is 2. The van der Waals surface area contributed by atoms with Crippen LogP contribution in [0.1, 0.15) is 6.92 Å². The minimum Gasteiger partial charge on any atom is -0.457 e. The van der Waals surface area contributed by atoms with Crippen molar-refractivity contribution in [2.45, 2.75) is 37.6 Å². The Bertz CT molecular complexity index is 229. The van der Waals surface area contributed by atoms with E-state index >= 15 is 0 Å². The molecule has 88 valence electrons. The van der Waals surface area contributed by atoms with E-state index < -0.39 is 43.3 Å². The second-order valence-electron chi connectivity index (χ2n) is 3.30. The fourth-order valence-electron chi connectivity index (χ4n) is 1.40. The largest absolute Gasteiger partial charge is 0.457 e. The van der Waals surface area contributed by atoms with E-state index in [4.69, 9.17) is 14.9 Å². The van der Waals surface area contributed by atoms with E-state index in [-0.39, 0.29) is 0 Å². The predicted octanol–water partition coefficient (Wildman–Crippen LogP) is -2.65. The van der Waals surface area contributed by atoms with E-state index in [1.807, 2.05) is 0 Å². The molecule has 0 radical (unpaired) electrons. The number of carbonyl (C=O) groups is 1. The van der Waals surface area contributed by atoms with E-state index in [1.165, 1.54) is 0 Å². The van der Waals surface area contributed by atoms with Crippen molar-refractivity contribution in [2.24, 2.45) is 0 Å². The number of aliphatic hydroxyl groups is 4. The van der Waals surface area contributed by atoms with Crippen LogP contribution in [-0.4, -0.2) is 63.7 Å². The lowest BCUT2D eigenvalue weighted by Crippen LogP contribution is -2.59. The van der Waals surface area contributed by atoms with Gasteiger partial charge in [-0.3, -0.25) is 4.79 Å². The standard InChI is InChI=1S/C8H14O7/c1-3(10)14-7-4(2-9)15-8(13)6(12)5(7)11/h4-9,11-13H,2H2,1H3/t4-,5-,6+,7+,8-/m0/s1. The summed E-state index contributed by atoms with van der Waals surface area (Å²) >= 11 is 0. The molecule has 0 amide bonds. The van der Waals surface area contributed by atoms with Crippen molar-refractivity contribution < 1.29 is 34.7 Å². The molecule has 1 fully saturated rings. The molecule has 0 aromatic rings. The summed E-state index contributed by atoms with van der Waals surface area (Å²) in [5.41, 5.74) is 0. The van der Waals surface area contributed by atoms with Crippen LogP contribution >= 0.6 is 0 Å². The Morgan fingerprint density at radius 1 is 1.33 bits per heavy atom. The summed E-state index contributed by atoms with van der Waals surface area (Å²) in [5, 5.41) is 36.7. The van der Waals surface area contributed by atoms with Crippen LogP contribution in [0.3, 0.4) is 0 Å². The molecule has 5 atom stereocenters. The Balaban J connectivity index is 2.75. The van der Waals surface area contributed by atoms with Crippen LogP contribution < -0.4 is 0 Å². The summed E-state index contributed by atoms with van der Waals surface area (Å²) in [5.74, 6) is -0.676. The molecule has 1 heterocycles. The molecular formula is C8H14O7. The number of hydrogen-bond donors (Lipinski definition) is 4. The van der Waals surface area contributed by atoms with E-state index in [1.54, 1.807) is 0 Å². The average Bonchev–Trinajstić information content (AvgIpc) is 2.18. The molecule has 1 rings (SSSR count). The predicted molar refractivity (Wildman–Crippen MR) is 45.5 cm³/mol. The SMILES string of the molecule is CC(=O)O[C@H]1[C@@H](O)[C@@H](O)[C@@H](O)O[C@H]1CO. The highest BCUT2D eigenvalue weighted by atomic mass is 16.7. The summed E-state index contributed by atoms with van der Waals surface area (Å²) in [4.78, 5) is 10.7. The topological polar surface area (TPSA) is 116 Å². The van der Waals surface area contributed by atoms with Crippen molar-refractivity contribution in [3.8, 4) is 0 Å². The summed E-state index contributed by atoms with van der Waals surface area (Å²) in [7, 11) is 0. The van der Waals surface area contributed by atoms with Gasteiger partial charge in [0, 0.05) is 6.92 Å². The quantitative estimate of drug-likeness (QED) is 0.377. The molecule has 0 spiro atoms. The number of carbonyl (C=O) groups excluding carboxylic acids is 1. The molecule has 7 nitrogen and oxygen atoms in total. The number of aliphatic hydroxyl groups excluding tert-OH is 4. The van der Waals surface area contributed by atoms with Crippen LogP contribution in [0.5, 0.6) is 0 Å². The van der Waals surface area contributed by atoms with Gasteiger partial charge < -0.3 is 29.9 Å². The highest BCUT2D eigenvalue weighted by Gasteiger charge is 2.45. The maximum Gasteiger partial charge on any atom is 0.303 e. The average molecular weight is 222 g/mol. The molecule has 1 aliphatic heterocycles. The number of hydrogen-bond acceptors (Lipinski definition) is 7. The molecule has 0 aliphatic carbocycles. The van der Waals surface area contributed by atoms with Gasteiger partial charge in [-0.1, -0.05) is 0 Å². The Morgan fingerprint density at radius 2 is 1.93 bits per heavy atom. The van der Waals surface area contributed by atoms with Gasteiger partial charge in [0.05, 0.1) is 6.61 Å². The Kier molecular flexibility index (Phi) is 4.00. The van der Waals surface area contributed by atoms with Crippen LogP contribution in [-0.2, 0) is 14.3 Å². The zero-order valence-electron chi connectivity index (χ0n) is 8.11. The van der Waals surface area contributed by atoms with Crippen LogP contribution in [0.4, 0.5) is 0 Å². The summed E-state index contributed by atoms with van der Waals surface area (Å²) in [6, 6.07) is 0. The first-order chi connectivity index (χ1) is 6.97. The minimum atomic E-state index is -1.61. The van der Waals surface area contributed by atoms with Gasteiger partial charge in [0.15, 0.2) is 12.4 Å². The molecule has 15 heavy (non-hydrogen) atoms. The molecule has 7 heteroatoms.